The summed E-state index contributed by atoms with van der Waals surface area (Å²) in [4.78, 5) is 32.5. The minimum absolute atomic E-state index is 0.00479. The quantitative estimate of drug-likeness (QED) is 0.753. The maximum atomic E-state index is 13.8. The highest BCUT2D eigenvalue weighted by Gasteiger charge is 2.28. The Morgan fingerprint density at radius 3 is 2.93 bits per heavy atom. The summed E-state index contributed by atoms with van der Waals surface area (Å²) in [6.45, 7) is 1.15. The van der Waals surface area contributed by atoms with Crippen LogP contribution in [0.1, 0.15) is 46.3 Å². The van der Waals surface area contributed by atoms with Gasteiger partial charge in [0.2, 0.25) is 5.56 Å². The highest BCUT2D eigenvalue weighted by Crippen LogP contribution is 2.28. The monoisotopic (exact) mass is 381 g/mol. The van der Waals surface area contributed by atoms with Crippen molar-refractivity contribution in [2.45, 2.75) is 25.2 Å². The highest BCUT2D eigenvalue weighted by atomic mass is 19.1. The Balaban J connectivity index is 1.45. The molecule has 1 aliphatic rings. The van der Waals surface area contributed by atoms with Gasteiger partial charge in [-0.25, -0.2) is 9.37 Å². The van der Waals surface area contributed by atoms with Crippen LogP contribution in [-0.4, -0.2) is 33.9 Å². The number of halogens is 1. The maximum Gasteiger partial charge on any atom is 0.255 e. The highest BCUT2D eigenvalue weighted by molar-refractivity contribution is 5.93. The molecule has 0 saturated carbocycles. The molecular formula is C21H20FN3O3. The Bertz CT molecular complexity index is 1020. The van der Waals surface area contributed by atoms with Gasteiger partial charge in [0.25, 0.3) is 5.91 Å². The Kier molecular flexibility index (Phi) is 5.06. The molecule has 1 fully saturated rings. The topological polar surface area (TPSA) is 79.2 Å². The lowest BCUT2D eigenvalue weighted by molar-refractivity contribution is 0.0697. The zero-order valence-corrected chi connectivity index (χ0v) is 15.2. The number of H-pyrrole nitrogens is 1. The summed E-state index contributed by atoms with van der Waals surface area (Å²) >= 11 is 0. The molecule has 144 valence electrons. The van der Waals surface area contributed by atoms with Crippen molar-refractivity contribution in [3.05, 3.63) is 87.7 Å². The normalized spacial score (nSPS) is 16.9. The fraction of sp³-hybridized carbons (Fsp3) is 0.286. The smallest absolute Gasteiger partial charge is 0.255 e. The van der Waals surface area contributed by atoms with Gasteiger partial charge < -0.3 is 14.3 Å². The van der Waals surface area contributed by atoms with Crippen molar-refractivity contribution in [3.63, 3.8) is 0 Å². The molecule has 4 rings (SSSR count). The van der Waals surface area contributed by atoms with Crippen LogP contribution in [-0.2, 0) is 6.42 Å². The van der Waals surface area contributed by atoms with Crippen LogP contribution < -0.4 is 5.56 Å². The molecule has 1 saturated heterocycles. The van der Waals surface area contributed by atoms with Crippen LogP contribution in [0.15, 0.2) is 58.0 Å². The van der Waals surface area contributed by atoms with Crippen LogP contribution in [0.4, 0.5) is 4.39 Å². The predicted molar refractivity (Wildman–Crippen MR) is 101 cm³/mol. The van der Waals surface area contributed by atoms with Gasteiger partial charge >= 0.3 is 0 Å². The van der Waals surface area contributed by atoms with Crippen LogP contribution in [0.3, 0.4) is 0 Å². The standard InChI is InChI=1S/C21H20FN3O3/c22-18-6-2-1-4-14(18)10-17-12-24-20(28-17)16-5-3-9-25(13-16)21(27)15-7-8-19(26)23-11-15/h1-2,4,6-8,11-12,16H,3,5,9-10,13H2,(H,23,26). The molecule has 0 radical (unpaired) electrons. The molecular weight excluding hydrogens is 361 g/mol. The van der Waals surface area contributed by atoms with E-state index in [9.17, 15) is 14.0 Å². The van der Waals surface area contributed by atoms with E-state index >= 15 is 0 Å². The van der Waals surface area contributed by atoms with Crippen molar-refractivity contribution in [3.8, 4) is 0 Å². The number of carbonyl (C=O) groups excluding carboxylic acids is 1. The third-order valence-electron chi connectivity index (χ3n) is 4.98. The number of nitrogens with zero attached hydrogens (tertiary/aromatic N) is 2. The zero-order valence-electron chi connectivity index (χ0n) is 15.2. The third-order valence-corrected chi connectivity index (χ3v) is 4.98. The lowest BCUT2D eigenvalue weighted by Crippen LogP contribution is -2.39. The molecule has 3 heterocycles. The van der Waals surface area contributed by atoms with Crippen LogP contribution >= 0.6 is 0 Å². The van der Waals surface area contributed by atoms with E-state index in [0.717, 1.165) is 12.8 Å². The molecule has 0 aliphatic carbocycles. The van der Waals surface area contributed by atoms with Crippen LogP contribution in [0.5, 0.6) is 0 Å². The molecule has 28 heavy (non-hydrogen) atoms. The zero-order chi connectivity index (χ0) is 19.5. The largest absolute Gasteiger partial charge is 0.445 e. The van der Waals surface area contributed by atoms with E-state index in [0.29, 0.717) is 42.3 Å². The molecule has 1 amide bonds. The minimum Gasteiger partial charge on any atom is -0.445 e. The lowest BCUT2D eigenvalue weighted by atomic mass is 9.97. The number of hydrogen-bond acceptors (Lipinski definition) is 4. The van der Waals surface area contributed by atoms with Gasteiger partial charge in [-0.2, -0.15) is 0 Å². The van der Waals surface area contributed by atoms with Gasteiger partial charge in [0.05, 0.1) is 17.7 Å². The van der Waals surface area contributed by atoms with Crippen molar-refractivity contribution >= 4 is 5.91 Å². The first-order valence-corrected chi connectivity index (χ1v) is 9.26. The maximum absolute atomic E-state index is 13.8. The lowest BCUT2D eigenvalue weighted by Gasteiger charge is -2.31. The number of amides is 1. The summed E-state index contributed by atoms with van der Waals surface area (Å²) in [6, 6.07) is 9.47. The Morgan fingerprint density at radius 1 is 1.29 bits per heavy atom. The number of aromatic amines is 1. The van der Waals surface area contributed by atoms with Crippen LogP contribution in [0.2, 0.25) is 0 Å². The number of benzene rings is 1. The number of oxazole rings is 1. The van der Waals surface area contributed by atoms with Crippen LogP contribution in [0.25, 0.3) is 0 Å². The molecule has 3 aromatic rings. The Labute approximate surface area is 161 Å². The molecule has 0 spiro atoms. The first kappa shape index (κ1) is 18.2. The average Bonchev–Trinajstić information content (AvgIpc) is 3.19. The number of piperidine rings is 1. The molecule has 1 unspecified atom stereocenters. The Hall–Kier alpha value is -3.22. The average molecular weight is 381 g/mol. The summed E-state index contributed by atoms with van der Waals surface area (Å²) in [5, 5.41) is 0. The molecule has 0 bridgehead atoms. The molecule has 1 N–H and O–H groups in total. The van der Waals surface area contributed by atoms with Crippen molar-refractivity contribution in [1.29, 1.82) is 0 Å². The van der Waals surface area contributed by atoms with Gasteiger partial charge in [0, 0.05) is 31.8 Å². The second-order valence-corrected chi connectivity index (χ2v) is 6.96. The van der Waals surface area contributed by atoms with Gasteiger partial charge in [-0.15, -0.1) is 0 Å². The fourth-order valence-electron chi connectivity index (χ4n) is 3.51. The van der Waals surface area contributed by atoms with Gasteiger partial charge in [-0.3, -0.25) is 9.59 Å². The minimum atomic E-state index is -0.268. The van der Waals surface area contributed by atoms with E-state index < -0.39 is 0 Å². The van der Waals surface area contributed by atoms with E-state index in [1.807, 2.05) is 0 Å². The summed E-state index contributed by atoms with van der Waals surface area (Å²) < 4.78 is 19.7. The predicted octanol–water partition coefficient (Wildman–Crippen LogP) is 3.11. The Morgan fingerprint density at radius 2 is 2.14 bits per heavy atom. The fourth-order valence-corrected chi connectivity index (χ4v) is 3.51. The number of likely N-dealkylation sites (tertiary alicyclic amines) is 1. The summed E-state index contributed by atoms with van der Waals surface area (Å²) in [5.74, 6) is 0.777. The molecule has 1 aliphatic heterocycles. The van der Waals surface area contributed by atoms with Crippen LogP contribution in [0, 0.1) is 5.82 Å². The first-order chi connectivity index (χ1) is 13.6. The summed E-state index contributed by atoms with van der Waals surface area (Å²) in [7, 11) is 0. The number of aromatic nitrogens is 2. The molecule has 6 nitrogen and oxygen atoms in total. The number of carbonyl (C=O) groups is 1. The van der Waals surface area contributed by atoms with Crippen molar-refractivity contribution in [2.75, 3.05) is 13.1 Å². The first-order valence-electron chi connectivity index (χ1n) is 9.26. The number of nitrogens with one attached hydrogen (secondary N) is 1. The van der Waals surface area contributed by atoms with Crippen molar-refractivity contribution < 1.29 is 13.6 Å². The van der Waals surface area contributed by atoms with E-state index in [1.54, 1.807) is 29.3 Å². The van der Waals surface area contributed by atoms with Crippen molar-refractivity contribution in [1.82, 2.24) is 14.9 Å². The van der Waals surface area contributed by atoms with Gasteiger partial charge in [-0.1, -0.05) is 18.2 Å². The van der Waals surface area contributed by atoms with Gasteiger partial charge in [0.1, 0.15) is 11.6 Å². The van der Waals surface area contributed by atoms with E-state index in [2.05, 4.69) is 9.97 Å². The van der Waals surface area contributed by atoms with E-state index in [1.165, 1.54) is 24.4 Å². The molecule has 7 heteroatoms. The number of hydrogen-bond donors (Lipinski definition) is 1. The van der Waals surface area contributed by atoms with E-state index in [-0.39, 0.29) is 23.2 Å². The third kappa shape index (κ3) is 3.88. The SMILES string of the molecule is O=C(c1ccc(=O)[nH]c1)N1CCCC(c2ncc(Cc3ccccc3F)o2)C1. The molecule has 1 aromatic carbocycles. The van der Waals surface area contributed by atoms with Gasteiger partial charge in [-0.05, 0) is 30.5 Å². The number of pyridine rings is 1. The van der Waals surface area contributed by atoms with Crippen molar-refractivity contribution in [2.24, 2.45) is 0 Å². The van der Waals surface area contributed by atoms with E-state index in [4.69, 9.17) is 4.42 Å². The molecule has 2 aromatic heterocycles. The second kappa shape index (κ2) is 7.80. The summed E-state index contributed by atoms with van der Waals surface area (Å²) in [5.41, 5.74) is 0.770. The molecule has 1 atom stereocenters. The summed E-state index contributed by atoms with van der Waals surface area (Å²) in [6.07, 6.45) is 5.11. The number of rotatable bonds is 4. The van der Waals surface area contributed by atoms with Gasteiger partial charge in [0.15, 0.2) is 5.89 Å². The second-order valence-electron chi connectivity index (χ2n) is 6.96.